The van der Waals surface area contributed by atoms with Gasteiger partial charge in [-0.25, -0.2) is 4.79 Å². The van der Waals surface area contributed by atoms with E-state index < -0.39 is 23.3 Å². The van der Waals surface area contributed by atoms with Crippen LogP contribution in [0.15, 0.2) is 0 Å². The van der Waals surface area contributed by atoms with Gasteiger partial charge in [0, 0.05) is 0 Å². The van der Waals surface area contributed by atoms with E-state index in [0.717, 1.165) is 19.3 Å². The average Bonchev–Trinajstić information content (AvgIpc) is 2.12. The first kappa shape index (κ1) is 12.6. The Balaban J connectivity index is 2.23. The van der Waals surface area contributed by atoms with Gasteiger partial charge in [0.1, 0.15) is 12.0 Å². The van der Waals surface area contributed by atoms with Crippen LogP contribution in [-0.2, 0) is 18.9 Å². The van der Waals surface area contributed by atoms with Gasteiger partial charge in [0.2, 0.25) is 0 Å². The van der Waals surface area contributed by atoms with Gasteiger partial charge in [0.15, 0.2) is 0 Å². The molecule has 0 aromatic heterocycles. The van der Waals surface area contributed by atoms with E-state index in [-0.39, 0.29) is 12.5 Å². The number of halogens is 2. The molecule has 5 nitrogen and oxygen atoms in total. The molecule has 0 heterocycles. The molecule has 0 saturated heterocycles. The van der Waals surface area contributed by atoms with Crippen molar-refractivity contribution in [2.45, 2.75) is 24.5 Å². The molecule has 0 atom stereocenters. The highest BCUT2D eigenvalue weighted by Crippen LogP contribution is 2.32. The first-order chi connectivity index (χ1) is 7.06. The van der Waals surface area contributed by atoms with Crippen LogP contribution in [0.25, 0.3) is 0 Å². The minimum absolute atomic E-state index is 0.0206. The SMILES string of the molecule is O=C(OCC1CCC1)C(F)(F)SOO[O-]. The van der Waals surface area contributed by atoms with Gasteiger partial charge in [0.05, 0.1) is 6.61 Å². The lowest BCUT2D eigenvalue weighted by Crippen LogP contribution is -2.30. The van der Waals surface area contributed by atoms with Crippen molar-refractivity contribution in [2.75, 3.05) is 6.61 Å². The van der Waals surface area contributed by atoms with Crippen molar-refractivity contribution >= 4 is 18.0 Å². The largest absolute Gasteiger partial charge is 0.691 e. The molecular formula is C7H9F2O5S-. The fraction of sp³-hybridized carbons (Fsp3) is 0.857. The minimum Gasteiger partial charge on any atom is -0.691 e. The van der Waals surface area contributed by atoms with Crippen LogP contribution >= 0.6 is 12.0 Å². The van der Waals surface area contributed by atoms with E-state index in [4.69, 9.17) is 0 Å². The smallest absolute Gasteiger partial charge is 0.415 e. The maximum atomic E-state index is 12.7. The van der Waals surface area contributed by atoms with Crippen molar-refractivity contribution in [2.24, 2.45) is 5.92 Å². The van der Waals surface area contributed by atoms with Gasteiger partial charge < -0.3 is 9.99 Å². The first-order valence-corrected chi connectivity index (χ1v) is 5.00. The molecule has 0 aromatic rings. The van der Waals surface area contributed by atoms with E-state index in [0.29, 0.717) is 0 Å². The second kappa shape index (κ2) is 5.59. The molecule has 15 heavy (non-hydrogen) atoms. The average molecular weight is 243 g/mol. The van der Waals surface area contributed by atoms with Crippen molar-refractivity contribution < 1.29 is 32.9 Å². The first-order valence-electron chi connectivity index (χ1n) is 4.25. The number of esters is 1. The summed E-state index contributed by atoms with van der Waals surface area (Å²) in [5.41, 5.74) is 0. The molecule has 1 aliphatic rings. The van der Waals surface area contributed by atoms with Crippen LogP contribution in [0.5, 0.6) is 0 Å². The Labute approximate surface area is 88.7 Å². The van der Waals surface area contributed by atoms with Gasteiger partial charge in [-0.2, -0.15) is 13.1 Å². The van der Waals surface area contributed by atoms with Crippen LogP contribution in [0.3, 0.4) is 0 Å². The molecule has 0 amide bonds. The van der Waals surface area contributed by atoms with Crippen LogP contribution in [-0.4, -0.2) is 17.8 Å². The molecule has 0 N–H and O–H groups in total. The maximum absolute atomic E-state index is 12.7. The summed E-state index contributed by atoms with van der Waals surface area (Å²) >= 11 is -0.679. The van der Waals surface area contributed by atoms with Crippen LogP contribution in [0.1, 0.15) is 19.3 Å². The predicted octanol–water partition coefficient (Wildman–Crippen LogP) is 0.794. The molecule has 0 aromatic carbocycles. The van der Waals surface area contributed by atoms with Gasteiger partial charge in [0.25, 0.3) is 0 Å². The van der Waals surface area contributed by atoms with E-state index in [9.17, 15) is 18.8 Å². The Morgan fingerprint density at radius 3 is 2.67 bits per heavy atom. The maximum Gasteiger partial charge on any atom is 0.415 e. The lowest BCUT2D eigenvalue weighted by Gasteiger charge is -2.25. The number of hydrogen-bond donors (Lipinski definition) is 0. The van der Waals surface area contributed by atoms with E-state index in [2.05, 4.69) is 14.1 Å². The summed E-state index contributed by atoms with van der Waals surface area (Å²) in [6, 6.07) is 0. The molecule has 1 rings (SSSR count). The second-order valence-electron chi connectivity index (χ2n) is 3.13. The molecule has 0 radical (unpaired) electrons. The highest BCUT2D eigenvalue weighted by molar-refractivity contribution is 7.96. The van der Waals surface area contributed by atoms with E-state index in [1.165, 1.54) is 0 Å². The Bertz CT molecular complexity index is 221. The van der Waals surface area contributed by atoms with Crippen molar-refractivity contribution in [3.8, 4) is 0 Å². The standard InChI is InChI=1S/C7H10F2O5S/c8-7(9,15-14-13-11)6(10)12-4-5-2-1-3-5/h5,11H,1-4H2/p-1. The number of carbonyl (C=O) groups excluding carboxylic acids is 1. The highest BCUT2D eigenvalue weighted by Gasteiger charge is 2.44. The summed E-state index contributed by atoms with van der Waals surface area (Å²) in [6.45, 7) is -0.0206. The fourth-order valence-corrected chi connectivity index (χ4v) is 1.27. The fourth-order valence-electron chi connectivity index (χ4n) is 1.03. The van der Waals surface area contributed by atoms with Gasteiger partial charge in [-0.05, 0) is 18.8 Å². The van der Waals surface area contributed by atoms with Crippen LogP contribution in [0.2, 0.25) is 0 Å². The van der Waals surface area contributed by atoms with Crippen molar-refractivity contribution in [3.05, 3.63) is 0 Å². The summed E-state index contributed by atoms with van der Waals surface area (Å²) in [7, 11) is 0. The predicted molar refractivity (Wildman–Crippen MR) is 43.0 cm³/mol. The molecule has 8 heteroatoms. The Hall–Kier alpha value is -0.440. The van der Waals surface area contributed by atoms with Crippen molar-refractivity contribution in [3.63, 3.8) is 0 Å². The molecular weight excluding hydrogens is 234 g/mol. The third kappa shape index (κ3) is 3.90. The van der Waals surface area contributed by atoms with Crippen LogP contribution in [0.4, 0.5) is 8.78 Å². The second-order valence-corrected chi connectivity index (χ2v) is 3.95. The van der Waals surface area contributed by atoms with E-state index >= 15 is 0 Å². The van der Waals surface area contributed by atoms with Crippen molar-refractivity contribution in [1.82, 2.24) is 0 Å². The van der Waals surface area contributed by atoms with E-state index in [1.807, 2.05) is 0 Å². The topological polar surface area (TPSA) is 67.8 Å². The number of hydrogen-bond acceptors (Lipinski definition) is 6. The third-order valence-electron chi connectivity index (χ3n) is 2.08. The van der Waals surface area contributed by atoms with Gasteiger partial charge in [-0.3, -0.25) is 5.04 Å². The number of alkyl halides is 2. The summed E-state index contributed by atoms with van der Waals surface area (Å²) in [4.78, 5) is 10.8. The Morgan fingerprint density at radius 2 is 2.20 bits per heavy atom. The van der Waals surface area contributed by atoms with E-state index in [1.54, 1.807) is 0 Å². The Morgan fingerprint density at radius 1 is 1.53 bits per heavy atom. The zero-order valence-corrected chi connectivity index (χ0v) is 8.43. The number of rotatable bonds is 6. The molecule has 0 spiro atoms. The normalized spacial score (nSPS) is 17.3. The van der Waals surface area contributed by atoms with Gasteiger partial charge in [-0.1, -0.05) is 6.42 Å². The molecule has 0 bridgehead atoms. The van der Waals surface area contributed by atoms with Gasteiger partial charge >= 0.3 is 11.2 Å². The summed E-state index contributed by atoms with van der Waals surface area (Å²) in [5.74, 6) is -1.55. The third-order valence-corrected chi connectivity index (χ3v) is 2.58. The number of carbonyl (C=O) groups is 1. The van der Waals surface area contributed by atoms with Gasteiger partial charge in [-0.15, -0.1) is 0 Å². The van der Waals surface area contributed by atoms with Crippen molar-refractivity contribution in [1.29, 1.82) is 0 Å². The number of ether oxygens (including phenoxy) is 1. The summed E-state index contributed by atoms with van der Waals surface area (Å²) in [5, 5.41) is 8.08. The van der Waals surface area contributed by atoms with Crippen LogP contribution < -0.4 is 5.26 Å². The summed E-state index contributed by atoms with van der Waals surface area (Å²) in [6.07, 6.45) is 2.79. The monoisotopic (exact) mass is 243 g/mol. The lowest BCUT2D eigenvalue weighted by molar-refractivity contribution is -0.777. The molecule has 1 aliphatic carbocycles. The summed E-state index contributed by atoms with van der Waals surface area (Å²) < 4.78 is 33.2. The zero-order chi connectivity index (χ0) is 11.3. The van der Waals surface area contributed by atoms with Crippen LogP contribution in [0, 0.1) is 5.92 Å². The minimum atomic E-state index is -3.92. The highest BCUT2D eigenvalue weighted by atomic mass is 32.2. The Kier molecular flexibility index (Phi) is 4.71. The molecule has 0 aliphatic heterocycles. The molecule has 88 valence electrons. The molecule has 1 saturated carbocycles. The molecule has 0 unspecified atom stereocenters. The zero-order valence-electron chi connectivity index (χ0n) is 7.61. The quantitative estimate of drug-likeness (QED) is 0.297. The molecule has 1 fully saturated rings. The lowest BCUT2D eigenvalue weighted by atomic mass is 9.86.